The summed E-state index contributed by atoms with van der Waals surface area (Å²) in [7, 11) is 0. The van der Waals surface area contributed by atoms with Gasteiger partial charge in [-0.3, -0.25) is 29.3 Å². The maximum absolute atomic E-state index is 13.2. The molecule has 0 aliphatic carbocycles. The van der Waals surface area contributed by atoms with Gasteiger partial charge in [-0.05, 0) is 74.4 Å². The first-order chi connectivity index (χ1) is 26.2. The molecule has 1 unspecified atom stereocenters. The van der Waals surface area contributed by atoms with Crippen LogP contribution in [0.3, 0.4) is 0 Å². The summed E-state index contributed by atoms with van der Waals surface area (Å²) >= 11 is 0. The van der Waals surface area contributed by atoms with Crippen LogP contribution < -0.4 is 26.5 Å². The number of ether oxygens (including phenoxy) is 1. The van der Waals surface area contributed by atoms with E-state index in [2.05, 4.69) is 30.8 Å². The molecule has 0 spiro atoms. The Morgan fingerprint density at radius 2 is 1.78 bits per heavy atom. The fourth-order valence-corrected chi connectivity index (χ4v) is 6.87. The van der Waals surface area contributed by atoms with Gasteiger partial charge in [0.15, 0.2) is 11.6 Å². The monoisotopic (exact) mass is 731 g/mol. The zero-order valence-corrected chi connectivity index (χ0v) is 29.9. The molecular weight excluding hydrogens is 690 g/mol. The number of aryl methyl sites for hydroxylation is 1. The van der Waals surface area contributed by atoms with Crippen molar-refractivity contribution in [2.45, 2.75) is 58.0 Å². The summed E-state index contributed by atoms with van der Waals surface area (Å²) in [5, 5.41) is 15.3. The Bertz CT molecular complexity index is 2300. The fourth-order valence-electron chi connectivity index (χ4n) is 6.87. The molecule has 3 aromatic heterocycles. The Labute approximate surface area is 310 Å². The summed E-state index contributed by atoms with van der Waals surface area (Å²) in [5.41, 5.74) is 2.62. The molecule has 15 nitrogen and oxygen atoms in total. The van der Waals surface area contributed by atoms with Gasteiger partial charge in [0.05, 0.1) is 36.6 Å². The van der Waals surface area contributed by atoms with Crippen molar-refractivity contribution in [3.05, 3.63) is 105 Å². The largest absolute Gasteiger partial charge is 0.490 e. The van der Waals surface area contributed by atoms with E-state index in [1.54, 1.807) is 37.6 Å². The maximum Gasteiger partial charge on any atom is 0.275 e. The molecule has 5 aromatic rings. The van der Waals surface area contributed by atoms with Crippen LogP contribution in [0.5, 0.6) is 5.75 Å². The van der Waals surface area contributed by atoms with E-state index >= 15 is 0 Å². The van der Waals surface area contributed by atoms with Crippen molar-refractivity contribution in [2.75, 3.05) is 31.6 Å². The lowest BCUT2D eigenvalue weighted by Gasteiger charge is -2.32. The number of aromatic nitrogens is 6. The van der Waals surface area contributed by atoms with Crippen LogP contribution in [0.25, 0.3) is 22.2 Å². The number of carbonyl (C=O) groups excluding carboxylic acids is 3. The molecule has 2 aromatic carbocycles. The number of nitrogens with one attached hydrogen (secondary N) is 2. The minimum absolute atomic E-state index is 0.129. The second kappa shape index (κ2) is 16.2. The molecule has 2 aliphatic heterocycles. The highest BCUT2D eigenvalue weighted by molar-refractivity contribution is 5.99. The number of amides is 3. The van der Waals surface area contributed by atoms with Crippen molar-refractivity contribution in [1.82, 2.24) is 39.7 Å². The van der Waals surface area contributed by atoms with Crippen molar-refractivity contribution in [3.8, 4) is 17.1 Å². The molecule has 5 heterocycles. The van der Waals surface area contributed by atoms with Crippen molar-refractivity contribution in [1.29, 1.82) is 0 Å². The van der Waals surface area contributed by atoms with Crippen LogP contribution in [-0.4, -0.2) is 78.4 Å². The summed E-state index contributed by atoms with van der Waals surface area (Å²) in [4.78, 5) is 73.0. The van der Waals surface area contributed by atoms with E-state index < -0.39 is 11.9 Å². The molecule has 1 atom stereocenters. The van der Waals surface area contributed by atoms with Gasteiger partial charge in [0.2, 0.25) is 11.8 Å². The summed E-state index contributed by atoms with van der Waals surface area (Å²) in [6.07, 6.45) is 8.10. The third kappa shape index (κ3) is 8.35. The SMILES string of the molecule is Cc1nn(C2CCC(=O)NC2=O)c(=O)c2ccc(NCCCC(=O)N3CCC(COc4cnc(-c5cccc(Cn6ncccc6=O)c5)nc4)CC3)cc12. The summed E-state index contributed by atoms with van der Waals surface area (Å²) in [6.45, 7) is 4.61. The van der Waals surface area contributed by atoms with Crippen LogP contribution in [-0.2, 0) is 20.9 Å². The van der Waals surface area contributed by atoms with Crippen LogP contribution in [0.4, 0.5) is 5.69 Å². The van der Waals surface area contributed by atoms with Crippen molar-refractivity contribution < 1.29 is 19.1 Å². The first-order valence-electron chi connectivity index (χ1n) is 18.2. The van der Waals surface area contributed by atoms with E-state index in [1.165, 1.54) is 15.4 Å². The van der Waals surface area contributed by atoms with E-state index in [0.717, 1.165) is 29.7 Å². The fraction of sp³-hybridized carbons (Fsp3) is 0.359. The first-order valence-corrected chi connectivity index (χ1v) is 18.2. The Morgan fingerprint density at radius 1 is 0.963 bits per heavy atom. The molecule has 15 heteroatoms. The lowest BCUT2D eigenvalue weighted by atomic mass is 9.97. The van der Waals surface area contributed by atoms with E-state index in [9.17, 15) is 24.0 Å². The zero-order valence-electron chi connectivity index (χ0n) is 29.9. The number of hydrogen-bond acceptors (Lipinski definition) is 11. The number of fused-ring (bicyclic) bond motifs is 1. The molecule has 7 rings (SSSR count). The number of piperidine rings is 2. The van der Waals surface area contributed by atoms with E-state index in [4.69, 9.17) is 4.74 Å². The number of carbonyl (C=O) groups is 3. The number of benzene rings is 2. The third-order valence-corrected chi connectivity index (χ3v) is 9.89. The molecule has 54 heavy (non-hydrogen) atoms. The van der Waals surface area contributed by atoms with Gasteiger partial charge in [0.25, 0.3) is 17.0 Å². The van der Waals surface area contributed by atoms with E-state index in [0.29, 0.717) is 79.6 Å². The van der Waals surface area contributed by atoms with Gasteiger partial charge >= 0.3 is 0 Å². The lowest BCUT2D eigenvalue weighted by Crippen LogP contribution is -2.45. The summed E-state index contributed by atoms with van der Waals surface area (Å²) in [6, 6.07) is 15.4. The van der Waals surface area contributed by atoms with Gasteiger partial charge in [0.1, 0.15) is 6.04 Å². The second-order valence-corrected chi connectivity index (χ2v) is 13.7. The van der Waals surface area contributed by atoms with Gasteiger partial charge in [0, 0.05) is 61.4 Å². The average molecular weight is 732 g/mol. The molecule has 2 aliphatic rings. The van der Waals surface area contributed by atoms with Gasteiger partial charge in [-0.1, -0.05) is 18.2 Å². The van der Waals surface area contributed by atoms with E-state index in [-0.39, 0.29) is 35.8 Å². The highest BCUT2D eigenvalue weighted by Gasteiger charge is 2.30. The molecule has 0 radical (unpaired) electrons. The van der Waals surface area contributed by atoms with Crippen LogP contribution in [0.1, 0.15) is 55.8 Å². The van der Waals surface area contributed by atoms with Crippen molar-refractivity contribution in [3.63, 3.8) is 0 Å². The Kier molecular flexibility index (Phi) is 10.8. The molecule has 278 valence electrons. The topological polar surface area (TPSA) is 183 Å². The third-order valence-electron chi connectivity index (χ3n) is 9.89. The number of rotatable bonds is 12. The first kappa shape index (κ1) is 36.1. The van der Waals surface area contributed by atoms with Crippen molar-refractivity contribution in [2.24, 2.45) is 5.92 Å². The molecule has 3 amide bonds. The minimum atomic E-state index is -0.817. The molecule has 0 saturated carbocycles. The van der Waals surface area contributed by atoms with Gasteiger partial charge in [-0.15, -0.1) is 0 Å². The molecule has 2 N–H and O–H groups in total. The highest BCUT2D eigenvalue weighted by Crippen LogP contribution is 2.24. The molecule has 2 fully saturated rings. The number of anilines is 1. The highest BCUT2D eigenvalue weighted by atomic mass is 16.5. The quantitative estimate of drug-likeness (QED) is 0.142. The molecule has 2 saturated heterocycles. The lowest BCUT2D eigenvalue weighted by molar-refractivity contribution is -0.136. The van der Waals surface area contributed by atoms with E-state index in [1.807, 2.05) is 41.3 Å². The summed E-state index contributed by atoms with van der Waals surface area (Å²) in [5.74, 6) is 0.731. The predicted octanol–water partition coefficient (Wildman–Crippen LogP) is 3.25. The average Bonchev–Trinajstić information content (AvgIpc) is 3.18. The Morgan fingerprint density at radius 3 is 2.56 bits per heavy atom. The van der Waals surface area contributed by atoms with Gasteiger partial charge in [-0.25, -0.2) is 19.3 Å². The second-order valence-electron chi connectivity index (χ2n) is 13.7. The maximum atomic E-state index is 13.2. The van der Waals surface area contributed by atoms with Crippen LogP contribution in [0, 0.1) is 12.8 Å². The van der Waals surface area contributed by atoms with Gasteiger partial charge in [-0.2, -0.15) is 10.2 Å². The van der Waals surface area contributed by atoms with Crippen molar-refractivity contribution >= 4 is 34.2 Å². The standard InChI is InChI=1S/C39H41N9O6/c1-25-32-20-29(9-10-31(32)39(53)48(45-25)33-11-12-34(49)44-38(33)52)40-15-3-7-35(50)46-17-13-26(14-18-46)24-54-30-21-41-37(42-22-30)28-6-2-5-27(19-28)23-47-36(51)8-4-16-43-47/h2,4-6,8-10,16,19-22,26,33,40H,3,7,11-15,17-18,23-24H2,1H3,(H,44,49,52). The molecule has 0 bridgehead atoms. The number of imide groups is 1. The number of nitrogens with zero attached hydrogens (tertiary/aromatic N) is 7. The minimum Gasteiger partial charge on any atom is -0.490 e. The molecular formula is C39H41N9O6. The zero-order chi connectivity index (χ0) is 37.6. The Hall–Kier alpha value is -6.25. The van der Waals surface area contributed by atoms with Crippen LogP contribution in [0.2, 0.25) is 0 Å². The normalized spacial score (nSPS) is 16.3. The van der Waals surface area contributed by atoms with Gasteiger partial charge < -0.3 is 15.0 Å². The smallest absolute Gasteiger partial charge is 0.275 e. The Balaban J connectivity index is 0.832. The summed E-state index contributed by atoms with van der Waals surface area (Å²) < 4.78 is 8.60. The number of hydrogen-bond donors (Lipinski definition) is 2. The van der Waals surface area contributed by atoms with Crippen LogP contribution in [0.15, 0.2) is 82.8 Å². The predicted molar refractivity (Wildman–Crippen MR) is 200 cm³/mol. The number of likely N-dealkylation sites (tertiary alicyclic amines) is 1. The van der Waals surface area contributed by atoms with Crippen LogP contribution >= 0.6 is 0 Å².